The summed E-state index contributed by atoms with van der Waals surface area (Å²) in [6.07, 6.45) is 17.1. The summed E-state index contributed by atoms with van der Waals surface area (Å²) in [5.74, 6) is 1.34. The molecule has 32 heavy (non-hydrogen) atoms. The van der Waals surface area contributed by atoms with Gasteiger partial charge in [0, 0.05) is 24.4 Å². The minimum absolute atomic E-state index is 0.343. The van der Waals surface area contributed by atoms with E-state index in [-0.39, 0.29) is 0 Å². The number of benzene rings is 1. The lowest BCUT2D eigenvalue weighted by molar-refractivity contribution is -0.134. The van der Waals surface area contributed by atoms with Gasteiger partial charge in [-0.15, -0.1) is 11.6 Å². The lowest BCUT2D eigenvalue weighted by Crippen LogP contribution is -2.22. The summed E-state index contributed by atoms with van der Waals surface area (Å²) in [6, 6.07) is 7.38. The monoisotopic (exact) mass is 458 g/mol. The largest absolute Gasteiger partial charge is 0.425 e. The number of hydrogen-bond acceptors (Lipinski definition) is 4. The Morgan fingerprint density at radius 3 is 2.00 bits per heavy atom. The van der Waals surface area contributed by atoms with Crippen LogP contribution in [0.2, 0.25) is 0 Å². The second-order valence-electron chi connectivity index (χ2n) is 9.01. The molecular formula is C27H39ClN2O2. The molecule has 0 fully saturated rings. The van der Waals surface area contributed by atoms with E-state index in [4.69, 9.17) is 16.3 Å². The molecule has 1 atom stereocenters. The average molecular weight is 459 g/mol. The molecule has 0 saturated carbocycles. The summed E-state index contributed by atoms with van der Waals surface area (Å²) in [5, 5.41) is -0.624. The van der Waals surface area contributed by atoms with Crippen LogP contribution in [0.3, 0.4) is 0 Å². The van der Waals surface area contributed by atoms with E-state index in [1.54, 1.807) is 12.1 Å². The number of carbonyl (C=O) groups is 1. The zero-order valence-electron chi connectivity index (χ0n) is 20.0. The Labute approximate surface area is 199 Å². The number of aromatic nitrogens is 2. The maximum Gasteiger partial charge on any atom is 0.329 e. The smallest absolute Gasteiger partial charge is 0.329 e. The van der Waals surface area contributed by atoms with Gasteiger partial charge in [-0.3, -0.25) is 4.79 Å². The summed E-state index contributed by atoms with van der Waals surface area (Å²) in [6.45, 7) is 6.32. The van der Waals surface area contributed by atoms with E-state index in [0.29, 0.717) is 18.1 Å². The van der Waals surface area contributed by atoms with Crippen LogP contribution >= 0.6 is 11.6 Å². The lowest BCUT2D eigenvalue weighted by Gasteiger charge is -2.11. The summed E-state index contributed by atoms with van der Waals surface area (Å²) < 4.78 is 5.38. The number of aryl methyl sites for hydroxylation is 1. The van der Waals surface area contributed by atoms with Gasteiger partial charge < -0.3 is 4.74 Å². The van der Waals surface area contributed by atoms with Crippen LogP contribution in [0.15, 0.2) is 36.7 Å². The van der Waals surface area contributed by atoms with E-state index in [1.807, 2.05) is 38.4 Å². The Bertz CT molecular complexity index is 775. The molecule has 0 radical (unpaired) electrons. The molecule has 1 heterocycles. The van der Waals surface area contributed by atoms with E-state index in [9.17, 15) is 4.79 Å². The van der Waals surface area contributed by atoms with Gasteiger partial charge in [-0.25, -0.2) is 9.97 Å². The Kier molecular flexibility index (Phi) is 12.3. The Morgan fingerprint density at radius 2 is 1.44 bits per heavy atom. The SMILES string of the molecule is CCCCCCCCCCCc1ncc(-c2ccc(OC(=O)C(Cl)CC(C)C)cc2)cn1. The Balaban J connectivity index is 1.72. The topological polar surface area (TPSA) is 52.1 Å². The summed E-state index contributed by atoms with van der Waals surface area (Å²) >= 11 is 6.11. The van der Waals surface area contributed by atoms with Gasteiger partial charge in [-0.2, -0.15) is 0 Å². The maximum atomic E-state index is 12.1. The first-order valence-electron chi connectivity index (χ1n) is 12.3. The molecule has 0 aliphatic carbocycles. The Hall–Kier alpha value is -1.94. The fraction of sp³-hybridized carbons (Fsp3) is 0.593. The van der Waals surface area contributed by atoms with Crippen LogP contribution < -0.4 is 4.74 Å². The molecule has 1 aromatic carbocycles. The minimum atomic E-state index is -0.624. The second-order valence-corrected chi connectivity index (χ2v) is 9.54. The van der Waals surface area contributed by atoms with Gasteiger partial charge in [-0.05, 0) is 36.5 Å². The fourth-order valence-corrected chi connectivity index (χ4v) is 4.03. The first kappa shape index (κ1) is 26.3. The molecule has 4 nitrogen and oxygen atoms in total. The van der Waals surface area contributed by atoms with E-state index in [0.717, 1.165) is 29.8 Å². The van der Waals surface area contributed by atoms with Crippen LogP contribution in [0.1, 0.15) is 90.8 Å². The molecule has 5 heteroatoms. The highest BCUT2D eigenvalue weighted by atomic mass is 35.5. The van der Waals surface area contributed by atoms with Crippen molar-refractivity contribution in [3.05, 3.63) is 42.5 Å². The highest BCUT2D eigenvalue weighted by Crippen LogP contribution is 2.23. The number of halogens is 1. The third kappa shape index (κ3) is 10.1. The third-order valence-electron chi connectivity index (χ3n) is 5.55. The number of unbranched alkanes of at least 4 members (excludes halogenated alkanes) is 8. The van der Waals surface area contributed by atoms with Crippen LogP contribution in [0.5, 0.6) is 5.75 Å². The van der Waals surface area contributed by atoms with Gasteiger partial charge in [0.15, 0.2) is 0 Å². The van der Waals surface area contributed by atoms with E-state index >= 15 is 0 Å². The first-order valence-corrected chi connectivity index (χ1v) is 12.7. The van der Waals surface area contributed by atoms with Crippen LogP contribution in [-0.2, 0) is 11.2 Å². The fourth-order valence-electron chi connectivity index (χ4n) is 3.63. The van der Waals surface area contributed by atoms with Gasteiger partial charge in [0.1, 0.15) is 17.0 Å². The van der Waals surface area contributed by atoms with Crippen molar-refractivity contribution in [2.75, 3.05) is 0 Å². The molecule has 0 amide bonds. The normalized spacial score (nSPS) is 12.2. The predicted octanol–water partition coefficient (Wildman–Crippen LogP) is 7.78. The maximum absolute atomic E-state index is 12.1. The van der Waals surface area contributed by atoms with Crippen molar-refractivity contribution in [2.45, 2.75) is 96.8 Å². The second kappa shape index (κ2) is 15.0. The van der Waals surface area contributed by atoms with Gasteiger partial charge in [0.05, 0.1) is 0 Å². The number of ether oxygens (including phenoxy) is 1. The summed E-state index contributed by atoms with van der Waals surface area (Å²) in [4.78, 5) is 21.1. The molecule has 0 aliphatic rings. The van der Waals surface area contributed by atoms with Crippen molar-refractivity contribution >= 4 is 17.6 Å². The minimum Gasteiger partial charge on any atom is -0.425 e. The quantitative estimate of drug-likeness (QED) is 0.118. The summed E-state index contributed by atoms with van der Waals surface area (Å²) in [7, 11) is 0. The third-order valence-corrected chi connectivity index (χ3v) is 5.91. The number of esters is 1. The molecule has 2 aromatic rings. The van der Waals surface area contributed by atoms with Gasteiger partial charge >= 0.3 is 5.97 Å². The molecule has 0 spiro atoms. The molecular weight excluding hydrogens is 420 g/mol. The molecule has 0 N–H and O–H groups in total. The average Bonchev–Trinajstić information content (AvgIpc) is 2.78. The zero-order chi connectivity index (χ0) is 23.2. The molecule has 0 aliphatic heterocycles. The van der Waals surface area contributed by atoms with Crippen LogP contribution in [0, 0.1) is 5.92 Å². The molecule has 0 saturated heterocycles. The number of hydrogen-bond donors (Lipinski definition) is 0. The Morgan fingerprint density at radius 1 is 0.875 bits per heavy atom. The lowest BCUT2D eigenvalue weighted by atomic mass is 10.1. The number of alkyl halides is 1. The van der Waals surface area contributed by atoms with Gasteiger partial charge in [0.2, 0.25) is 0 Å². The summed E-state index contributed by atoms with van der Waals surface area (Å²) in [5.41, 5.74) is 1.94. The zero-order valence-corrected chi connectivity index (χ0v) is 20.7. The molecule has 1 aromatic heterocycles. The first-order chi connectivity index (χ1) is 15.5. The standard InChI is InChI=1S/C27H39ClN2O2/c1-4-5-6-7-8-9-10-11-12-13-26-29-19-23(20-30-26)22-14-16-24(17-15-22)32-27(31)25(28)18-21(2)3/h14-17,19-21,25H,4-13,18H2,1-3H3. The highest BCUT2D eigenvalue weighted by Gasteiger charge is 2.19. The van der Waals surface area contributed by atoms with E-state index < -0.39 is 11.3 Å². The van der Waals surface area contributed by atoms with Crippen molar-refractivity contribution in [2.24, 2.45) is 5.92 Å². The van der Waals surface area contributed by atoms with Crippen LogP contribution in [0.25, 0.3) is 11.1 Å². The van der Waals surface area contributed by atoms with Crippen molar-refractivity contribution in [1.29, 1.82) is 0 Å². The predicted molar refractivity (Wildman–Crippen MR) is 133 cm³/mol. The number of rotatable bonds is 15. The van der Waals surface area contributed by atoms with Crippen molar-refractivity contribution in [3.8, 4) is 16.9 Å². The van der Waals surface area contributed by atoms with E-state index in [1.165, 1.54) is 51.4 Å². The molecule has 1 unspecified atom stereocenters. The van der Waals surface area contributed by atoms with Crippen molar-refractivity contribution in [3.63, 3.8) is 0 Å². The molecule has 0 bridgehead atoms. The number of nitrogens with zero attached hydrogens (tertiary/aromatic N) is 2. The van der Waals surface area contributed by atoms with Gasteiger partial charge in [-0.1, -0.05) is 84.3 Å². The van der Waals surface area contributed by atoms with Crippen LogP contribution in [0.4, 0.5) is 0 Å². The van der Waals surface area contributed by atoms with Gasteiger partial charge in [0.25, 0.3) is 0 Å². The van der Waals surface area contributed by atoms with Crippen LogP contribution in [-0.4, -0.2) is 21.3 Å². The molecule has 176 valence electrons. The van der Waals surface area contributed by atoms with E-state index in [2.05, 4.69) is 16.9 Å². The highest BCUT2D eigenvalue weighted by molar-refractivity contribution is 6.30. The number of carbonyl (C=O) groups excluding carboxylic acids is 1. The molecule has 2 rings (SSSR count). The van der Waals surface area contributed by atoms with Crippen molar-refractivity contribution < 1.29 is 9.53 Å². The van der Waals surface area contributed by atoms with Crippen molar-refractivity contribution in [1.82, 2.24) is 9.97 Å².